The van der Waals surface area contributed by atoms with E-state index < -0.39 is 0 Å². The maximum atomic E-state index is 6.26. The second-order valence-corrected chi connectivity index (χ2v) is 7.26. The number of nitrogens with two attached hydrogens (primary N) is 1. The Morgan fingerprint density at radius 1 is 1.24 bits per heavy atom. The number of hydrogen-bond donors (Lipinski definition) is 1. The minimum absolute atomic E-state index is 0.0660. The first kappa shape index (κ1) is 15.0. The Balaban J connectivity index is 1.87. The predicted octanol–water partition coefficient (Wildman–Crippen LogP) is 2.72. The van der Waals surface area contributed by atoms with E-state index in [4.69, 9.17) is 10.5 Å². The van der Waals surface area contributed by atoms with Crippen LogP contribution in [-0.2, 0) is 17.7 Å². The number of rotatable bonds is 2. The fraction of sp³-hybridized carbons (Fsp3) is 0.667. The maximum Gasteiger partial charge on any atom is 0.0644 e. The molecule has 1 fully saturated rings. The summed E-state index contributed by atoms with van der Waals surface area (Å²) in [5.74, 6) is 0. The smallest absolute Gasteiger partial charge is 0.0644 e. The summed E-state index contributed by atoms with van der Waals surface area (Å²) >= 11 is 0. The first-order valence-electron chi connectivity index (χ1n) is 8.21. The molecule has 1 unspecified atom stereocenters. The van der Waals surface area contributed by atoms with Crippen LogP contribution in [0.5, 0.6) is 0 Å². The Bertz CT molecular complexity index is 500. The highest BCUT2D eigenvalue weighted by Crippen LogP contribution is 2.38. The average molecular weight is 288 g/mol. The van der Waals surface area contributed by atoms with E-state index in [2.05, 4.69) is 43.0 Å². The van der Waals surface area contributed by atoms with Crippen molar-refractivity contribution >= 4 is 0 Å². The minimum Gasteiger partial charge on any atom is -0.375 e. The molecule has 0 saturated carbocycles. The second kappa shape index (κ2) is 5.71. The molecule has 0 aliphatic carbocycles. The summed E-state index contributed by atoms with van der Waals surface area (Å²) in [7, 11) is 0. The van der Waals surface area contributed by atoms with Gasteiger partial charge in [0.25, 0.3) is 0 Å². The largest absolute Gasteiger partial charge is 0.375 e. The van der Waals surface area contributed by atoms with E-state index in [9.17, 15) is 0 Å². The summed E-state index contributed by atoms with van der Waals surface area (Å²) in [5, 5.41) is 0. The molecule has 2 heterocycles. The van der Waals surface area contributed by atoms with Crippen LogP contribution >= 0.6 is 0 Å². The van der Waals surface area contributed by atoms with Crippen LogP contribution in [0.2, 0.25) is 0 Å². The average Bonchev–Trinajstić information content (AvgIpc) is 2.68. The van der Waals surface area contributed by atoms with Gasteiger partial charge in [0.1, 0.15) is 0 Å². The Morgan fingerprint density at radius 3 is 2.71 bits per heavy atom. The van der Waals surface area contributed by atoms with Gasteiger partial charge in [0.2, 0.25) is 0 Å². The summed E-state index contributed by atoms with van der Waals surface area (Å²) < 4.78 is 5.93. The lowest BCUT2D eigenvalue weighted by atomic mass is 9.79. The van der Waals surface area contributed by atoms with E-state index >= 15 is 0 Å². The third-order valence-corrected chi connectivity index (χ3v) is 5.22. The lowest BCUT2D eigenvalue weighted by Crippen LogP contribution is -2.60. The van der Waals surface area contributed by atoms with Crippen molar-refractivity contribution in [2.24, 2.45) is 5.73 Å². The number of nitrogens with zero attached hydrogens (tertiary/aromatic N) is 1. The molecule has 1 aromatic carbocycles. The lowest BCUT2D eigenvalue weighted by molar-refractivity contribution is -0.120. The molecule has 0 spiro atoms. The monoisotopic (exact) mass is 288 g/mol. The molecule has 2 aliphatic rings. The van der Waals surface area contributed by atoms with Gasteiger partial charge in [-0.25, -0.2) is 0 Å². The first-order chi connectivity index (χ1) is 10.0. The zero-order chi connectivity index (χ0) is 14.9. The molecule has 3 rings (SSSR count). The molecule has 21 heavy (non-hydrogen) atoms. The maximum absolute atomic E-state index is 6.26. The second-order valence-electron chi connectivity index (χ2n) is 7.26. The summed E-state index contributed by atoms with van der Waals surface area (Å²) in [5.41, 5.74) is 9.29. The van der Waals surface area contributed by atoms with Crippen LogP contribution in [0.1, 0.15) is 44.2 Å². The fourth-order valence-electron chi connectivity index (χ4n) is 4.13. The molecular weight excluding hydrogens is 260 g/mol. The Labute approximate surface area is 128 Å². The van der Waals surface area contributed by atoms with Crippen molar-refractivity contribution in [3.8, 4) is 0 Å². The molecule has 1 aromatic rings. The standard InChI is InChI=1S/C18H28N2O/c1-17(2)13-18(14-19,9-11-21-17)20-10-5-8-15-6-3-4-7-16(15)12-20/h3-4,6-7H,5,8-14,19H2,1-2H3. The van der Waals surface area contributed by atoms with Gasteiger partial charge >= 0.3 is 0 Å². The number of benzene rings is 1. The van der Waals surface area contributed by atoms with Gasteiger partial charge in [0.15, 0.2) is 0 Å². The van der Waals surface area contributed by atoms with E-state index in [0.717, 1.165) is 39.1 Å². The number of hydrogen-bond acceptors (Lipinski definition) is 3. The van der Waals surface area contributed by atoms with Gasteiger partial charge in [-0.2, -0.15) is 0 Å². The Morgan fingerprint density at radius 2 is 2.00 bits per heavy atom. The third-order valence-electron chi connectivity index (χ3n) is 5.22. The van der Waals surface area contributed by atoms with Crippen LogP contribution in [0.4, 0.5) is 0 Å². The van der Waals surface area contributed by atoms with Crippen molar-refractivity contribution < 1.29 is 4.74 Å². The highest BCUT2D eigenvalue weighted by molar-refractivity contribution is 5.28. The molecule has 0 bridgehead atoms. The highest BCUT2D eigenvalue weighted by Gasteiger charge is 2.44. The zero-order valence-electron chi connectivity index (χ0n) is 13.4. The quantitative estimate of drug-likeness (QED) is 0.909. The SMILES string of the molecule is CC1(C)CC(CN)(N2CCCc3ccccc3C2)CCO1. The van der Waals surface area contributed by atoms with Crippen molar-refractivity contribution in [2.75, 3.05) is 19.7 Å². The van der Waals surface area contributed by atoms with Gasteiger partial charge in [-0.1, -0.05) is 24.3 Å². The molecule has 0 radical (unpaired) electrons. The van der Waals surface area contributed by atoms with Gasteiger partial charge in [-0.15, -0.1) is 0 Å². The summed E-state index contributed by atoms with van der Waals surface area (Å²) in [4.78, 5) is 2.64. The molecule has 3 nitrogen and oxygen atoms in total. The fourth-order valence-corrected chi connectivity index (χ4v) is 4.13. The van der Waals surface area contributed by atoms with Crippen molar-refractivity contribution in [3.63, 3.8) is 0 Å². The van der Waals surface area contributed by atoms with Crippen LogP contribution in [0, 0.1) is 0 Å². The normalized spacial score (nSPS) is 29.7. The molecule has 116 valence electrons. The zero-order valence-corrected chi connectivity index (χ0v) is 13.4. The number of ether oxygens (including phenoxy) is 1. The van der Waals surface area contributed by atoms with Gasteiger partial charge in [0, 0.05) is 25.2 Å². The molecule has 0 amide bonds. The van der Waals surface area contributed by atoms with Gasteiger partial charge in [-0.3, -0.25) is 4.90 Å². The van der Waals surface area contributed by atoms with Gasteiger partial charge in [0.05, 0.1) is 5.60 Å². The molecule has 2 aliphatic heterocycles. The summed E-state index contributed by atoms with van der Waals surface area (Å²) in [6, 6.07) is 8.88. The molecular formula is C18H28N2O. The highest BCUT2D eigenvalue weighted by atomic mass is 16.5. The molecule has 1 atom stereocenters. The van der Waals surface area contributed by atoms with Crippen LogP contribution in [0.25, 0.3) is 0 Å². The van der Waals surface area contributed by atoms with E-state index in [1.54, 1.807) is 0 Å². The van der Waals surface area contributed by atoms with E-state index in [1.807, 2.05) is 0 Å². The lowest BCUT2D eigenvalue weighted by Gasteiger charge is -2.50. The molecule has 0 aromatic heterocycles. The van der Waals surface area contributed by atoms with E-state index in [1.165, 1.54) is 24.0 Å². The van der Waals surface area contributed by atoms with Crippen molar-refractivity contribution in [2.45, 2.75) is 57.2 Å². The predicted molar refractivity (Wildman–Crippen MR) is 86.2 cm³/mol. The Kier molecular flexibility index (Phi) is 4.08. The van der Waals surface area contributed by atoms with E-state index in [0.29, 0.717) is 0 Å². The first-order valence-corrected chi connectivity index (χ1v) is 8.21. The van der Waals surface area contributed by atoms with Crippen molar-refractivity contribution in [1.29, 1.82) is 0 Å². The van der Waals surface area contributed by atoms with Crippen LogP contribution in [-0.4, -0.2) is 35.7 Å². The van der Waals surface area contributed by atoms with Crippen molar-refractivity contribution in [1.82, 2.24) is 4.90 Å². The van der Waals surface area contributed by atoms with Crippen LogP contribution in [0.3, 0.4) is 0 Å². The van der Waals surface area contributed by atoms with Gasteiger partial charge < -0.3 is 10.5 Å². The molecule has 3 heteroatoms. The third kappa shape index (κ3) is 3.01. The summed E-state index contributed by atoms with van der Waals surface area (Å²) in [6.07, 6.45) is 4.49. The molecule has 1 saturated heterocycles. The van der Waals surface area contributed by atoms with Crippen LogP contribution in [0.15, 0.2) is 24.3 Å². The van der Waals surface area contributed by atoms with Gasteiger partial charge in [-0.05, 0) is 57.2 Å². The molecule has 2 N–H and O–H groups in total. The Hall–Kier alpha value is -0.900. The van der Waals surface area contributed by atoms with Crippen molar-refractivity contribution in [3.05, 3.63) is 35.4 Å². The number of aryl methyl sites for hydroxylation is 1. The van der Waals surface area contributed by atoms with E-state index in [-0.39, 0.29) is 11.1 Å². The topological polar surface area (TPSA) is 38.5 Å². The minimum atomic E-state index is -0.0660. The number of fused-ring (bicyclic) bond motifs is 1. The van der Waals surface area contributed by atoms with Crippen LogP contribution < -0.4 is 5.73 Å². The summed E-state index contributed by atoms with van der Waals surface area (Å²) in [6.45, 7) is 8.11.